The Balaban J connectivity index is 2.94. The van der Waals surface area contributed by atoms with Crippen LogP contribution in [0.3, 0.4) is 0 Å². The van der Waals surface area contributed by atoms with Crippen LogP contribution in [0.4, 0.5) is 5.69 Å². The molecule has 0 aliphatic heterocycles. The first-order valence-corrected chi connectivity index (χ1v) is 6.19. The van der Waals surface area contributed by atoms with Crippen molar-refractivity contribution in [2.75, 3.05) is 20.6 Å². The number of benzene rings is 1. The van der Waals surface area contributed by atoms with Gasteiger partial charge in [-0.2, -0.15) is 0 Å². The Labute approximate surface area is 111 Å². The van der Waals surface area contributed by atoms with E-state index in [4.69, 9.17) is 11.6 Å². The van der Waals surface area contributed by atoms with Crippen LogP contribution in [-0.4, -0.2) is 35.6 Å². The molecule has 0 saturated carbocycles. The number of phenols is 1. The summed E-state index contributed by atoms with van der Waals surface area (Å²) in [6.45, 7) is 0.859. The van der Waals surface area contributed by atoms with Crippen molar-refractivity contribution in [3.8, 4) is 5.75 Å². The van der Waals surface area contributed by atoms with Crippen molar-refractivity contribution in [3.05, 3.63) is 33.4 Å². The maximum Gasteiger partial charge on any atom is 0.270 e. The molecule has 0 heterocycles. The van der Waals surface area contributed by atoms with Crippen LogP contribution in [0.25, 0.3) is 0 Å². The third-order valence-corrected chi connectivity index (χ3v) is 2.95. The van der Waals surface area contributed by atoms with E-state index in [1.807, 2.05) is 19.0 Å². The fraction of sp³-hybridized carbons (Fsp3) is 0.500. The predicted molar refractivity (Wildman–Crippen MR) is 71.2 cm³/mol. The summed E-state index contributed by atoms with van der Waals surface area (Å²) in [6.07, 6.45) is 1.42. The third kappa shape index (κ3) is 3.85. The van der Waals surface area contributed by atoms with E-state index in [0.29, 0.717) is 17.5 Å². The highest BCUT2D eigenvalue weighted by molar-refractivity contribution is 6.17. The molecule has 0 radical (unpaired) electrons. The van der Waals surface area contributed by atoms with Gasteiger partial charge in [-0.1, -0.05) is 0 Å². The van der Waals surface area contributed by atoms with Crippen molar-refractivity contribution in [2.45, 2.75) is 18.7 Å². The van der Waals surface area contributed by atoms with Crippen molar-refractivity contribution in [1.82, 2.24) is 4.90 Å². The number of aryl methyl sites for hydroxylation is 1. The summed E-state index contributed by atoms with van der Waals surface area (Å²) < 4.78 is 0. The molecule has 6 heteroatoms. The summed E-state index contributed by atoms with van der Waals surface area (Å²) in [5.41, 5.74) is 0.968. The summed E-state index contributed by atoms with van der Waals surface area (Å²) in [6, 6.07) is 2.73. The van der Waals surface area contributed by atoms with Crippen molar-refractivity contribution in [3.63, 3.8) is 0 Å². The molecule has 0 aliphatic carbocycles. The molecule has 0 spiro atoms. The van der Waals surface area contributed by atoms with Gasteiger partial charge in [0.05, 0.1) is 10.8 Å². The molecule has 0 atom stereocenters. The highest BCUT2D eigenvalue weighted by atomic mass is 35.5. The molecular formula is C12H17ClN2O3. The number of halogens is 1. The first-order chi connectivity index (χ1) is 8.45. The minimum atomic E-state index is -0.467. The normalized spacial score (nSPS) is 10.9. The van der Waals surface area contributed by atoms with Gasteiger partial charge >= 0.3 is 0 Å². The lowest BCUT2D eigenvalue weighted by atomic mass is 10.0. The molecule has 5 nitrogen and oxygen atoms in total. The standard InChI is InChI=1S/C12H17ClN2O3/c1-14(2)5-3-4-9-6-11(15(17)18)7-10(8-13)12(9)16/h6-7,16H,3-5,8H2,1-2H3. The maximum absolute atomic E-state index is 10.8. The van der Waals surface area contributed by atoms with E-state index in [2.05, 4.69) is 0 Å². The van der Waals surface area contributed by atoms with Crippen LogP contribution in [0.15, 0.2) is 12.1 Å². The summed E-state index contributed by atoms with van der Waals surface area (Å²) in [4.78, 5) is 12.3. The van der Waals surface area contributed by atoms with Crippen LogP contribution < -0.4 is 0 Å². The zero-order chi connectivity index (χ0) is 13.7. The van der Waals surface area contributed by atoms with E-state index in [9.17, 15) is 15.2 Å². The first kappa shape index (κ1) is 14.7. The molecule has 0 bridgehead atoms. The molecule has 18 heavy (non-hydrogen) atoms. The largest absolute Gasteiger partial charge is 0.507 e. The molecule has 1 aromatic carbocycles. The topological polar surface area (TPSA) is 66.6 Å². The molecule has 0 saturated heterocycles. The van der Waals surface area contributed by atoms with Gasteiger partial charge in [0.1, 0.15) is 5.75 Å². The van der Waals surface area contributed by atoms with Gasteiger partial charge in [0.15, 0.2) is 0 Å². The Hall–Kier alpha value is -1.33. The minimum absolute atomic E-state index is 0.0247. The number of rotatable bonds is 6. The summed E-state index contributed by atoms with van der Waals surface area (Å²) in [7, 11) is 3.91. The van der Waals surface area contributed by atoms with E-state index < -0.39 is 4.92 Å². The summed E-state index contributed by atoms with van der Waals surface area (Å²) in [5, 5.41) is 20.7. The monoisotopic (exact) mass is 272 g/mol. The smallest absolute Gasteiger partial charge is 0.270 e. The quantitative estimate of drug-likeness (QED) is 0.491. The van der Waals surface area contributed by atoms with Crippen molar-refractivity contribution >= 4 is 17.3 Å². The van der Waals surface area contributed by atoms with Crippen LogP contribution in [0.5, 0.6) is 5.75 Å². The number of non-ortho nitro benzene ring substituents is 1. The van der Waals surface area contributed by atoms with E-state index in [0.717, 1.165) is 13.0 Å². The summed E-state index contributed by atoms with van der Waals surface area (Å²) in [5.74, 6) is 0.142. The van der Waals surface area contributed by atoms with Gasteiger partial charge in [-0.05, 0) is 33.5 Å². The van der Waals surface area contributed by atoms with Gasteiger partial charge in [0.2, 0.25) is 0 Å². The third-order valence-electron chi connectivity index (χ3n) is 2.66. The molecular weight excluding hydrogens is 256 g/mol. The number of hydrogen-bond donors (Lipinski definition) is 1. The van der Waals surface area contributed by atoms with Crippen LogP contribution in [-0.2, 0) is 12.3 Å². The number of nitrogens with zero attached hydrogens (tertiary/aromatic N) is 2. The van der Waals surface area contributed by atoms with Gasteiger partial charge in [-0.25, -0.2) is 0 Å². The lowest BCUT2D eigenvalue weighted by molar-refractivity contribution is -0.385. The Morgan fingerprint density at radius 3 is 2.50 bits per heavy atom. The van der Waals surface area contributed by atoms with Crippen LogP contribution >= 0.6 is 11.6 Å². The second-order valence-corrected chi connectivity index (χ2v) is 4.68. The molecule has 0 amide bonds. The Bertz CT molecular complexity index is 436. The number of alkyl halides is 1. The van der Waals surface area contributed by atoms with Gasteiger partial charge in [-0.3, -0.25) is 10.1 Å². The van der Waals surface area contributed by atoms with E-state index in [1.54, 1.807) is 0 Å². The molecule has 0 aliphatic rings. The fourth-order valence-corrected chi connectivity index (χ4v) is 1.93. The van der Waals surface area contributed by atoms with Crippen LogP contribution in [0.2, 0.25) is 0 Å². The van der Waals surface area contributed by atoms with E-state index in [1.165, 1.54) is 12.1 Å². The van der Waals surface area contributed by atoms with Crippen molar-refractivity contribution < 1.29 is 10.0 Å². The van der Waals surface area contributed by atoms with Crippen LogP contribution in [0, 0.1) is 10.1 Å². The predicted octanol–water partition coefficient (Wildman–Crippen LogP) is 2.53. The Kier molecular flexibility index (Phi) is 5.37. The van der Waals surface area contributed by atoms with E-state index >= 15 is 0 Å². The fourth-order valence-electron chi connectivity index (χ4n) is 1.73. The summed E-state index contributed by atoms with van der Waals surface area (Å²) >= 11 is 5.67. The average molecular weight is 273 g/mol. The van der Waals surface area contributed by atoms with Gasteiger partial charge in [0.25, 0.3) is 5.69 Å². The molecule has 0 fully saturated rings. The second kappa shape index (κ2) is 6.56. The lowest BCUT2D eigenvalue weighted by Gasteiger charge is -2.11. The SMILES string of the molecule is CN(C)CCCc1cc([N+](=O)[O-])cc(CCl)c1O. The second-order valence-electron chi connectivity index (χ2n) is 4.41. The minimum Gasteiger partial charge on any atom is -0.507 e. The zero-order valence-corrected chi connectivity index (χ0v) is 11.3. The van der Waals surface area contributed by atoms with E-state index in [-0.39, 0.29) is 17.3 Å². The molecule has 1 aromatic rings. The van der Waals surface area contributed by atoms with Crippen LogP contribution in [0.1, 0.15) is 17.5 Å². The zero-order valence-electron chi connectivity index (χ0n) is 10.5. The lowest BCUT2D eigenvalue weighted by Crippen LogP contribution is -2.13. The number of phenolic OH excluding ortho intramolecular Hbond substituents is 1. The molecule has 0 aromatic heterocycles. The average Bonchev–Trinajstić information content (AvgIpc) is 2.30. The maximum atomic E-state index is 10.8. The van der Waals surface area contributed by atoms with Gasteiger partial charge in [0, 0.05) is 23.3 Å². The molecule has 0 unspecified atom stereocenters. The Morgan fingerprint density at radius 2 is 2.00 bits per heavy atom. The number of hydrogen-bond acceptors (Lipinski definition) is 4. The number of nitro benzene ring substituents is 1. The molecule has 1 rings (SSSR count). The first-order valence-electron chi connectivity index (χ1n) is 5.65. The van der Waals surface area contributed by atoms with Crippen molar-refractivity contribution in [1.29, 1.82) is 0 Å². The Morgan fingerprint density at radius 1 is 1.39 bits per heavy atom. The number of aromatic hydroxyl groups is 1. The van der Waals surface area contributed by atoms with Gasteiger partial charge < -0.3 is 10.0 Å². The number of nitro groups is 1. The van der Waals surface area contributed by atoms with Crippen molar-refractivity contribution in [2.24, 2.45) is 0 Å². The molecule has 1 N–H and O–H groups in total. The van der Waals surface area contributed by atoms with Gasteiger partial charge in [-0.15, -0.1) is 11.6 Å². The highest BCUT2D eigenvalue weighted by Gasteiger charge is 2.15. The molecule has 100 valence electrons. The highest BCUT2D eigenvalue weighted by Crippen LogP contribution is 2.30.